The molecular weight excluding hydrogens is 193 g/mol. The van der Waals surface area contributed by atoms with E-state index in [-0.39, 0.29) is 5.57 Å². The van der Waals surface area contributed by atoms with Crippen LogP contribution in [0.25, 0.3) is 0 Å². The zero-order valence-corrected chi connectivity index (χ0v) is 8.19. The van der Waals surface area contributed by atoms with Crippen molar-refractivity contribution in [1.82, 2.24) is 0 Å². The Hall–Kier alpha value is -1.06. The molecule has 0 fully saturated rings. The summed E-state index contributed by atoms with van der Waals surface area (Å²) in [4.78, 5) is 10.6. The molecule has 0 bridgehead atoms. The summed E-state index contributed by atoms with van der Waals surface area (Å²) in [6.45, 7) is 4.00. The maximum absolute atomic E-state index is 11.8. The zero-order chi connectivity index (χ0) is 11.2. The van der Waals surface area contributed by atoms with Crippen molar-refractivity contribution in [1.29, 1.82) is 0 Å². The van der Waals surface area contributed by atoms with Crippen molar-refractivity contribution >= 4 is 5.78 Å². The topological polar surface area (TPSA) is 17.1 Å². The Morgan fingerprint density at radius 3 is 2.21 bits per heavy atom. The minimum absolute atomic E-state index is 0.242. The molecular formula is C10H13F3O. The fourth-order valence-electron chi connectivity index (χ4n) is 0.945. The van der Waals surface area contributed by atoms with Crippen LogP contribution in [0.1, 0.15) is 26.7 Å². The van der Waals surface area contributed by atoms with Crippen LogP contribution in [-0.2, 0) is 4.79 Å². The lowest BCUT2D eigenvalue weighted by Crippen LogP contribution is -2.24. The quantitative estimate of drug-likeness (QED) is 0.642. The van der Waals surface area contributed by atoms with E-state index in [2.05, 4.69) is 0 Å². The normalized spacial score (nSPS) is 15.4. The highest BCUT2D eigenvalue weighted by Gasteiger charge is 2.39. The van der Waals surface area contributed by atoms with Gasteiger partial charge in [0.15, 0.2) is 0 Å². The van der Waals surface area contributed by atoms with Crippen molar-refractivity contribution < 1.29 is 18.0 Å². The molecule has 1 aliphatic rings. The molecule has 14 heavy (non-hydrogen) atoms. The van der Waals surface area contributed by atoms with Crippen LogP contribution < -0.4 is 0 Å². The van der Waals surface area contributed by atoms with Crippen LogP contribution in [0.15, 0.2) is 23.8 Å². The first-order valence-corrected chi connectivity index (χ1v) is 4.50. The van der Waals surface area contributed by atoms with E-state index in [9.17, 15) is 18.0 Å². The Bertz CT molecular complexity index is 249. The molecule has 0 spiro atoms. The molecule has 4 heteroatoms. The van der Waals surface area contributed by atoms with Gasteiger partial charge in [-0.1, -0.05) is 32.1 Å². The predicted octanol–water partition coefficient (Wildman–Crippen LogP) is 3.42. The van der Waals surface area contributed by atoms with Gasteiger partial charge in [-0.25, -0.2) is 0 Å². The summed E-state index contributed by atoms with van der Waals surface area (Å²) in [6, 6.07) is 0. The third-order valence-electron chi connectivity index (χ3n) is 1.51. The van der Waals surface area contributed by atoms with Crippen molar-refractivity contribution in [2.75, 3.05) is 0 Å². The lowest BCUT2D eigenvalue weighted by Gasteiger charge is -2.07. The second-order valence-electron chi connectivity index (χ2n) is 2.47. The average molecular weight is 206 g/mol. The zero-order valence-electron chi connectivity index (χ0n) is 8.19. The second kappa shape index (κ2) is 5.62. The van der Waals surface area contributed by atoms with Gasteiger partial charge >= 0.3 is 6.18 Å². The van der Waals surface area contributed by atoms with Crippen molar-refractivity contribution in [2.24, 2.45) is 0 Å². The Balaban J connectivity index is 0.000000791. The summed E-state index contributed by atoms with van der Waals surface area (Å²) >= 11 is 0. The number of ketones is 1. The van der Waals surface area contributed by atoms with Crippen molar-refractivity contribution in [3.63, 3.8) is 0 Å². The number of carbonyl (C=O) groups is 1. The van der Waals surface area contributed by atoms with Crippen LogP contribution in [0.2, 0.25) is 0 Å². The maximum atomic E-state index is 11.8. The lowest BCUT2D eigenvalue weighted by atomic mass is 10.0. The van der Waals surface area contributed by atoms with Crippen LogP contribution in [0.5, 0.6) is 0 Å². The van der Waals surface area contributed by atoms with E-state index in [4.69, 9.17) is 0 Å². The summed E-state index contributed by atoms with van der Waals surface area (Å²) in [5.41, 5.74) is -0.242. The van der Waals surface area contributed by atoms with Crippen LogP contribution in [-0.4, -0.2) is 12.0 Å². The first-order valence-electron chi connectivity index (χ1n) is 4.50. The van der Waals surface area contributed by atoms with Crippen molar-refractivity contribution in [3.05, 3.63) is 23.8 Å². The number of hydrogen-bond acceptors (Lipinski definition) is 1. The van der Waals surface area contributed by atoms with Crippen molar-refractivity contribution in [2.45, 2.75) is 32.9 Å². The number of hydrogen-bond donors (Lipinski definition) is 0. The van der Waals surface area contributed by atoms with Crippen LogP contribution in [0, 0.1) is 0 Å². The van der Waals surface area contributed by atoms with Gasteiger partial charge in [0.05, 0.1) is 0 Å². The van der Waals surface area contributed by atoms with Gasteiger partial charge < -0.3 is 0 Å². The Morgan fingerprint density at radius 1 is 1.29 bits per heavy atom. The predicted molar refractivity (Wildman–Crippen MR) is 48.9 cm³/mol. The molecule has 0 unspecified atom stereocenters. The molecule has 0 aliphatic heterocycles. The van der Waals surface area contributed by atoms with E-state index in [1.54, 1.807) is 6.08 Å². The summed E-state index contributed by atoms with van der Waals surface area (Å²) in [5.74, 6) is -1.75. The van der Waals surface area contributed by atoms with Gasteiger partial charge in [-0.2, -0.15) is 13.2 Å². The highest BCUT2D eigenvalue weighted by Crippen LogP contribution is 2.23. The molecule has 0 saturated heterocycles. The number of halogens is 3. The minimum Gasteiger partial charge on any atom is -0.284 e. The summed E-state index contributed by atoms with van der Waals surface area (Å²) in [5, 5.41) is 0. The minimum atomic E-state index is -4.74. The molecule has 1 nitrogen and oxygen atoms in total. The lowest BCUT2D eigenvalue weighted by molar-refractivity contribution is -0.166. The summed E-state index contributed by atoms with van der Waals surface area (Å²) in [7, 11) is 0. The molecule has 0 radical (unpaired) electrons. The number of Topliss-reactive ketones (excluding diaryl/α,β-unsaturated/α-hetero) is 1. The van der Waals surface area contributed by atoms with Gasteiger partial charge in [-0.15, -0.1) is 0 Å². The van der Waals surface area contributed by atoms with Gasteiger partial charge in [0.2, 0.25) is 0 Å². The molecule has 0 saturated carbocycles. The number of carbonyl (C=O) groups excluding carboxylic acids is 1. The van der Waals surface area contributed by atoms with E-state index in [1.165, 1.54) is 12.2 Å². The SMILES string of the molecule is CC.O=C(C1=CCCC=C1)C(F)(F)F. The third kappa shape index (κ3) is 3.77. The number of alkyl halides is 3. The van der Waals surface area contributed by atoms with E-state index >= 15 is 0 Å². The van der Waals surface area contributed by atoms with Gasteiger partial charge in [0.25, 0.3) is 5.78 Å². The molecule has 0 atom stereocenters. The smallest absolute Gasteiger partial charge is 0.284 e. The average Bonchev–Trinajstić information content (AvgIpc) is 2.20. The van der Waals surface area contributed by atoms with E-state index in [0.29, 0.717) is 12.8 Å². The fraction of sp³-hybridized carbons (Fsp3) is 0.500. The van der Waals surface area contributed by atoms with E-state index < -0.39 is 12.0 Å². The Labute approximate surface area is 81.3 Å². The van der Waals surface area contributed by atoms with Gasteiger partial charge in [0, 0.05) is 5.57 Å². The summed E-state index contributed by atoms with van der Waals surface area (Å²) in [6.07, 6.45) is 0.573. The monoisotopic (exact) mass is 206 g/mol. The highest BCUT2D eigenvalue weighted by atomic mass is 19.4. The highest BCUT2D eigenvalue weighted by molar-refractivity contribution is 6.02. The van der Waals surface area contributed by atoms with Gasteiger partial charge in [0.1, 0.15) is 0 Å². The van der Waals surface area contributed by atoms with Gasteiger partial charge in [-0.3, -0.25) is 4.79 Å². The molecule has 1 rings (SSSR count). The Morgan fingerprint density at radius 2 is 1.86 bits per heavy atom. The molecule has 0 aromatic carbocycles. The van der Waals surface area contributed by atoms with Crippen LogP contribution in [0.3, 0.4) is 0 Å². The molecule has 1 aliphatic carbocycles. The summed E-state index contributed by atoms with van der Waals surface area (Å²) < 4.78 is 35.4. The molecule has 0 N–H and O–H groups in total. The fourth-order valence-corrected chi connectivity index (χ4v) is 0.945. The third-order valence-corrected chi connectivity index (χ3v) is 1.51. The molecule has 0 aromatic rings. The van der Waals surface area contributed by atoms with Crippen LogP contribution >= 0.6 is 0 Å². The molecule has 0 heterocycles. The van der Waals surface area contributed by atoms with Gasteiger partial charge in [-0.05, 0) is 12.8 Å². The molecule has 0 aromatic heterocycles. The Kier molecular flexibility index (Phi) is 5.20. The number of rotatable bonds is 1. The maximum Gasteiger partial charge on any atom is 0.454 e. The van der Waals surface area contributed by atoms with Crippen LogP contribution in [0.4, 0.5) is 13.2 Å². The second-order valence-corrected chi connectivity index (χ2v) is 2.47. The molecule has 80 valence electrons. The molecule has 0 amide bonds. The standard InChI is InChI=1S/C8H7F3O.C2H6/c9-8(10,11)7(12)6-4-2-1-3-5-6;1-2/h2,4-5H,1,3H2;1-2H3. The largest absolute Gasteiger partial charge is 0.454 e. The first-order chi connectivity index (χ1) is 6.52. The number of allylic oxidation sites excluding steroid dienone is 4. The van der Waals surface area contributed by atoms with E-state index in [0.717, 1.165) is 0 Å². The van der Waals surface area contributed by atoms with Crippen molar-refractivity contribution in [3.8, 4) is 0 Å². The van der Waals surface area contributed by atoms with E-state index in [1.807, 2.05) is 13.8 Å². The first kappa shape index (κ1) is 12.9.